The van der Waals surface area contributed by atoms with Gasteiger partial charge in [-0.25, -0.2) is 0 Å². The average molecular weight is 923 g/mol. The van der Waals surface area contributed by atoms with Crippen LogP contribution >= 0.6 is 11.8 Å². The maximum atomic E-state index is 15.8. The van der Waals surface area contributed by atoms with E-state index in [4.69, 9.17) is 9.47 Å². The monoisotopic (exact) mass is 922 g/mol. The second kappa shape index (κ2) is 20.7. The average Bonchev–Trinajstić information content (AvgIpc) is 3.27. The van der Waals surface area contributed by atoms with Crippen molar-refractivity contribution in [1.82, 2.24) is 19.6 Å². The molecule has 0 bridgehead atoms. The Morgan fingerprint density at radius 3 is 1.20 bits per heavy atom. The zero-order chi connectivity index (χ0) is 47.1. The minimum atomic E-state index is -5.14. The van der Waals surface area contributed by atoms with Crippen LogP contribution in [0.3, 0.4) is 0 Å². The van der Waals surface area contributed by atoms with E-state index in [2.05, 4.69) is 0 Å². The van der Waals surface area contributed by atoms with Crippen LogP contribution in [0.2, 0.25) is 0 Å². The number of benzene rings is 4. The lowest BCUT2D eigenvalue weighted by atomic mass is 9.92. The van der Waals surface area contributed by atoms with Crippen molar-refractivity contribution >= 4 is 47.5 Å². The van der Waals surface area contributed by atoms with Crippen molar-refractivity contribution in [2.24, 2.45) is 0 Å². The van der Waals surface area contributed by atoms with E-state index in [1.54, 1.807) is 35.8 Å². The molecule has 10 nitrogen and oxygen atoms in total. The number of amides is 4. The maximum Gasteiger partial charge on any atom is 0.418 e. The molecule has 4 aromatic rings. The lowest BCUT2D eigenvalue weighted by molar-refractivity contribution is -0.139. The highest BCUT2D eigenvalue weighted by Gasteiger charge is 2.42. The summed E-state index contributed by atoms with van der Waals surface area (Å²) in [5.74, 6) is -1.11. The molecule has 2 aliphatic heterocycles. The summed E-state index contributed by atoms with van der Waals surface area (Å²) in [4.78, 5) is 55.4. The zero-order valence-electron chi connectivity index (χ0n) is 36.2. The molecule has 2 aliphatic rings. The van der Waals surface area contributed by atoms with Gasteiger partial charge in [0, 0.05) is 110 Å². The number of rotatable bonds is 12. The molecule has 0 radical (unpaired) electrons. The van der Waals surface area contributed by atoms with Crippen LogP contribution in [0.25, 0.3) is 34.4 Å². The minimum absolute atomic E-state index is 0.00142. The van der Waals surface area contributed by atoms with Gasteiger partial charge in [0.05, 0.1) is 24.3 Å². The highest BCUT2D eigenvalue weighted by Crippen LogP contribution is 2.52. The minimum Gasteiger partial charge on any atom is -0.493 e. The molecule has 65 heavy (non-hydrogen) atoms. The molecule has 0 N–H and O–H groups in total. The number of alkyl halides is 6. The van der Waals surface area contributed by atoms with Gasteiger partial charge in [-0.1, -0.05) is 60.3 Å². The molecule has 17 heteroatoms. The summed E-state index contributed by atoms with van der Waals surface area (Å²) in [5, 5.41) is 0. The van der Waals surface area contributed by atoms with Crippen molar-refractivity contribution in [2.75, 3.05) is 65.6 Å². The summed E-state index contributed by atoms with van der Waals surface area (Å²) in [6.45, 7) is 8.38. The molecule has 344 valence electrons. The van der Waals surface area contributed by atoms with E-state index < -0.39 is 56.2 Å². The van der Waals surface area contributed by atoms with E-state index in [0.717, 1.165) is 24.3 Å². The number of piperazine rings is 2. The molecule has 0 saturated carbocycles. The fourth-order valence-corrected chi connectivity index (χ4v) is 8.98. The molecule has 4 aromatic carbocycles. The van der Waals surface area contributed by atoms with Crippen LogP contribution in [0.4, 0.5) is 26.3 Å². The molecule has 2 fully saturated rings. The smallest absolute Gasteiger partial charge is 0.418 e. The topological polar surface area (TPSA) is 99.7 Å². The Bertz CT molecular complexity index is 2300. The lowest BCUT2D eigenvalue weighted by Crippen LogP contribution is -2.49. The Labute approximate surface area is 377 Å². The number of hydrogen-bond donors (Lipinski definition) is 0. The first kappa shape index (κ1) is 48.2. The largest absolute Gasteiger partial charge is 0.493 e. The standard InChI is InChI=1S/C48H48F6N4O6S/c1-5-63-37-13-9-7-11-35(37)43-33(17-21-41(61)57-27-23-55(24-28-57)31(3)59)15-19-39(45(43)47(49,50)51)65-40-20-16-34(18-22-42(62)58-29-25-56(26-30-58)32(4)60)44(46(40)48(52,53)54)36-12-8-10-14-38(36)64-6-2/h7-22H,5-6,23-30H2,1-4H3/b21-17-,22-18-. The van der Waals surface area contributed by atoms with Gasteiger partial charge in [0.2, 0.25) is 23.6 Å². The van der Waals surface area contributed by atoms with Gasteiger partial charge in [-0.05, 0) is 61.4 Å². The number of carbonyl (C=O) groups excluding carboxylic acids is 4. The third-order valence-corrected chi connectivity index (χ3v) is 12.1. The maximum absolute atomic E-state index is 15.8. The van der Waals surface area contributed by atoms with E-state index in [0.29, 0.717) is 26.2 Å². The van der Waals surface area contributed by atoms with Gasteiger partial charge < -0.3 is 29.1 Å². The number of ether oxygens (including phenoxy) is 2. The first-order chi connectivity index (χ1) is 30.9. The van der Waals surface area contributed by atoms with Crippen LogP contribution in [-0.4, -0.2) is 109 Å². The molecule has 0 aromatic heterocycles. The van der Waals surface area contributed by atoms with Crippen LogP contribution in [0.5, 0.6) is 11.5 Å². The third-order valence-electron chi connectivity index (χ3n) is 11.0. The predicted molar refractivity (Wildman–Crippen MR) is 236 cm³/mol. The van der Waals surface area contributed by atoms with E-state index in [-0.39, 0.29) is 96.7 Å². The highest BCUT2D eigenvalue weighted by molar-refractivity contribution is 7.99. The molecule has 0 aliphatic carbocycles. The Kier molecular flexibility index (Phi) is 15.4. The van der Waals surface area contributed by atoms with Crippen molar-refractivity contribution in [1.29, 1.82) is 0 Å². The second-order valence-electron chi connectivity index (χ2n) is 15.1. The van der Waals surface area contributed by atoms with Crippen LogP contribution in [0.1, 0.15) is 49.9 Å². The molecular formula is C48H48F6N4O6S. The van der Waals surface area contributed by atoms with E-state index in [1.165, 1.54) is 84.3 Å². The molecule has 0 unspecified atom stereocenters. The van der Waals surface area contributed by atoms with Crippen molar-refractivity contribution in [3.63, 3.8) is 0 Å². The third kappa shape index (κ3) is 11.4. The lowest BCUT2D eigenvalue weighted by Gasteiger charge is -2.33. The number of carbonyl (C=O) groups is 4. The van der Waals surface area contributed by atoms with Crippen molar-refractivity contribution in [2.45, 2.75) is 49.8 Å². The molecule has 4 amide bonds. The van der Waals surface area contributed by atoms with Crippen LogP contribution in [0.15, 0.2) is 94.7 Å². The fraction of sp³-hybridized carbons (Fsp3) is 0.333. The van der Waals surface area contributed by atoms with Crippen molar-refractivity contribution in [3.05, 3.63) is 107 Å². The van der Waals surface area contributed by atoms with Gasteiger partial charge in [0.1, 0.15) is 11.5 Å². The Morgan fingerprint density at radius 1 is 0.538 bits per heavy atom. The molecule has 6 rings (SSSR count). The van der Waals surface area contributed by atoms with Gasteiger partial charge in [0.15, 0.2) is 0 Å². The molecule has 2 saturated heterocycles. The van der Waals surface area contributed by atoms with Crippen LogP contribution < -0.4 is 9.47 Å². The quantitative estimate of drug-likeness (QED) is 0.103. The summed E-state index contributed by atoms with van der Waals surface area (Å²) >= 11 is 0.283. The summed E-state index contributed by atoms with van der Waals surface area (Å²) in [6.07, 6.45) is -5.50. The zero-order valence-corrected chi connectivity index (χ0v) is 37.0. The summed E-state index contributed by atoms with van der Waals surface area (Å²) in [6, 6.07) is 16.8. The first-order valence-corrected chi connectivity index (χ1v) is 21.8. The SMILES string of the molecule is CCOc1ccccc1-c1c(/C=C\C(=O)N2CCN(C(C)=O)CC2)ccc(Sc2ccc(/C=C\C(=O)N3CCN(C(C)=O)CC3)c(-c3ccccc3OCC)c2C(F)(F)F)c1C(F)(F)F. The van der Waals surface area contributed by atoms with Gasteiger partial charge >= 0.3 is 12.4 Å². The predicted octanol–water partition coefficient (Wildman–Crippen LogP) is 9.41. The highest BCUT2D eigenvalue weighted by atomic mass is 32.2. The summed E-state index contributed by atoms with van der Waals surface area (Å²) < 4.78 is 106. The Morgan fingerprint density at radius 2 is 0.877 bits per heavy atom. The number of hydrogen-bond acceptors (Lipinski definition) is 7. The Hall–Kier alpha value is -6.23. The molecule has 0 spiro atoms. The van der Waals surface area contributed by atoms with E-state index in [9.17, 15) is 19.2 Å². The second-order valence-corrected chi connectivity index (χ2v) is 16.2. The Balaban J connectivity index is 1.51. The first-order valence-electron chi connectivity index (χ1n) is 21.0. The molecular weight excluding hydrogens is 875 g/mol. The van der Waals surface area contributed by atoms with Crippen molar-refractivity contribution in [3.8, 4) is 33.8 Å². The number of para-hydroxylation sites is 2. The number of halogens is 6. The van der Waals surface area contributed by atoms with Gasteiger partial charge in [-0.2, -0.15) is 26.3 Å². The van der Waals surface area contributed by atoms with Crippen LogP contribution in [-0.2, 0) is 31.5 Å². The number of nitrogens with zero attached hydrogens (tertiary/aromatic N) is 4. The van der Waals surface area contributed by atoms with Gasteiger partial charge in [0.25, 0.3) is 0 Å². The molecule has 0 atom stereocenters. The van der Waals surface area contributed by atoms with E-state index in [1.807, 2.05) is 0 Å². The summed E-state index contributed by atoms with van der Waals surface area (Å²) in [5.41, 5.74) is -3.39. The van der Waals surface area contributed by atoms with E-state index >= 15 is 26.3 Å². The molecule has 2 heterocycles. The van der Waals surface area contributed by atoms with Crippen molar-refractivity contribution < 1.29 is 55.0 Å². The fourth-order valence-electron chi connectivity index (χ4n) is 7.83. The normalized spacial score (nSPS) is 14.9. The van der Waals surface area contributed by atoms with Gasteiger partial charge in [-0.15, -0.1) is 0 Å². The van der Waals surface area contributed by atoms with Crippen LogP contribution in [0, 0.1) is 0 Å². The summed E-state index contributed by atoms with van der Waals surface area (Å²) in [7, 11) is 0. The van der Waals surface area contributed by atoms with Gasteiger partial charge in [-0.3, -0.25) is 19.2 Å².